The number of ether oxygens (including phenoxy) is 2. The second-order valence-electron chi connectivity index (χ2n) is 11.0. The number of aliphatic hydroxyl groups excluding tert-OH is 3. The summed E-state index contributed by atoms with van der Waals surface area (Å²) in [6.07, 6.45) is 7.76. The fourth-order valence-electron chi connectivity index (χ4n) is 4.88. The summed E-state index contributed by atoms with van der Waals surface area (Å²) in [6, 6.07) is 25.0. The van der Waals surface area contributed by atoms with Crippen molar-refractivity contribution in [2.24, 2.45) is 5.73 Å². The number of aryl methyl sites for hydroxylation is 3. The maximum Gasteiger partial charge on any atom is 0.303 e. The van der Waals surface area contributed by atoms with Gasteiger partial charge in [0, 0.05) is 30.1 Å². The van der Waals surface area contributed by atoms with Crippen LogP contribution in [0.3, 0.4) is 0 Å². The Labute approximate surface area is 252 Å². The molecule has 1 aliphatic rings. The number of benzene rings is 3. The van der Waals surface area contributed by atoms with Crippen LogP contribution in [0.25, 0.3) is 16.6 Å². The largest absolute Gasteiger partial charge is 0.481 e. The van der Waals surface area contributed by atoms with E-state index in [1.54, 1.807) is 0 Å². The van der Waals surface area contributed by atoms with Crippen molar-refractivity contribution in [2.75, 3.05) is 26.4 Å². The minimum atomic E-state index is -1.21. The van der Waals surface area contributed by atoms with Crippen molar-refractivity contribution < 1.29 is 34.7 Å². The van der Waals surface area contributed by atoms with Crippen LogP contribution >= 0.6 is 0 Å². The fraction of sp³-hybridized carbons (Fsp3) is 0.382. The second-order valence-corrected chi connectivity index (χ2v) is 11.0. The van der Waals surface area contributed by atoms with Crippen molar-refractivity contribution >= 4 is 16.9 Å². The zero-order chi connectivity index (χ0) is 30.7. The van der Waals surface area contributed by atoms with Crippen LogP contribution in [-0.4, -0.2) is 69.2 Å². The van der Waals surface area contributed by atoms with Gasteiger partial charge in [0.05, 0.1) is 37.5 Å². The lowest BCUT2D eigenvalue weighted by Gasteiger charge is -2.23. The van der Waals surface area contributed by atoms with Gasteiger partial charge in [-0.3, -0.25) is 4.79 Å². The van der Waals surface area contributed by atoms with Gasteiger partial charge in [0.25, 0.3) is 0 Å². The Kier molecular flexibility index (Phi) is 11.7. The third-order valence-corrected chi connectivity index (χ3v) is 7.57. The molecule has 1 unspecified atom stereocenters. The molecule has 0 spiro atoms. The molecule has 6 N–H and O–H groups in total. The SMILES string of the molecule is NC(CO)(CO)CO.O=C(O)CCc1ccc2c(c1)c(CCc1ccccc1)cn2-c1ccc(OC2CCCCO2)cc1. The summed E-state index contributed by atoms with van der Waals surface area (Å²) in [5.74, 6) is 0.0465. The number of aliphatic hydroxyl groups is 3. The molecular weight excluding hydrogens is 548 g/mol. The maximum atomic E-state index is 11.1. The first-order chi connectivity index (χ1) is 20.8. The number of carbonyl (C=O) groups is 1. The van der Waals surface area contributed by atoms with E-state index < -0.39 is 31.3 Å². The third-order valence-electron chi connectivity index (χ3n) is 7.57. The standard InChI is InChI=1S/C30H31NO4.C4H11NO3/c32-29(33)18-11-23-10-17-28-27(20-23)24(12-9-22-6-2-1-3-7-22)21-31(28)25-13-15-26(16-14-25)35-30-8-4-5-19-34-30;5-4(1-6,2-7)3-8/h1-3,6-7,10,13-17,20-21,30H,4-5,8-9,11-12,18-19H2,(H,32,33);6-8H,1-3,5H2. The summed E-state index contributed by atoms with van der Waals surface area (Å²) in [7, 11) is 0. The Morgan fingerprint density at radius 1 is 0.907 bits per heavy atom. The van der Waals surface area contributed by atoms with Gasteiger partial charge in [-0.25, -0.2) is 0 Å². The number of carboxylic acids is 1. The molecule has 0 radical (unpaired) electrons. The summed E-state index contributed by atoms with van der Waals surface area (Å²) in [4.78, 5) is 11.1. The molecule has 3 aromatic carbocycles. The van der Waals surface area contributed by atoms with Gasteiger partial charge in [-0.15, -0.1) is 0 Å². The van der Waals surface area contributed by atoms with Crippen molar-refractivity contribution in [3.63, 3.8) is 0 Å². The molecule has 43 heavy (non-hydrogen) atoms. The second kappa shape index (κ2) is 15.7. The number of hydrogen-bond donors (Lipinski definition) is 5. The maximum absolute atomic E-state index is 11.1. The first-order valence-corrected chi connectivity index (χ1v) is 14.7. The normalized spacial score (nSPS) is 15.1. The lowest BCUT2D eigenvalue weighted by Crippen LogP contribution is -2.50. The van der Waals surface area contributed by atoms with Crippen LogP contribution in [0.5, 0.6) is 5.75 Å². The van der Waals surface area contributed by atoms with Gasteiger partial charge in [0.15, 0.2) is 6.29 Å². The van der Waals surface area contributed by atoms with Crippen LogP contribution in [0, 0.1) is 0 Å². The van der Waals surface area contributed by atoms with E-state index in [1.165, 1.54) is 16.5 Å². The molecule has 1 aromatic heterocycles. The molecule has 1 saturated heterocycles. The molecule has 0 bridgehead atoms. The molecular formula is C34H42N2O7. The number of nitrogens with zero attached hydrogens (tertiary/aromatic N) is 1. The number of aromatic nitrogens is 1. The highest BCUT2D eigenvalue weighted by Crippen LogP contribution is 2.29. The van der Waals surface area contributed by atoms with Crippen LogP contribution in [0.4, 0.5) is 0 Å². The molecule has 1 atom stereocenters. The Balaban J connectivity index is 0.000000467. The van der Waals surface area contributed by atoms with Gasteiger partial charge in [0.2, 0.25) is 0 Å². The smallest absolute Gasteiger partial charge is 0.303 e. The van der Waals surface area contributed by atoms with Crippen molar-refractivity contribution in [1.29, 1.82) is 0 Å². The van der Waals surface area contributed by atoms with Crippen LogP contribution in [0.1, 0.15) is 42.4 Å². The van der Waals surface area contributed by atoms with Crippen LogP contribution < -0.4 is 10.5 Å². The molecule has 0 amide bonds. The highest BCUT2D eigenvalue weighted by Gasteiger charge is 2.21. The van der Waals surface area contributed by atoms with Gasteiger partial charge in [-0.05, 0) is 85.2 Å². The van der Waals surface area contributed by atoms with E-state index in [9.17, 15) is 4.79 Å². The first-order valence-electron chi connectivity index (χ1n) is 14.7. The van der Waals surface area contributed by atoms with E-state index in [0.29, 0.717) is 6.42 Å². The highest BCUT2D eigenvalue weighted by atomic mass is 16.7. The summed E-state index contributed by atoms with van der Waals surface area (Å²) < 4.78 is 13.9. The minimum absolute atomic E-state index is 0.137. The molecule has 2 heterocycles. The van der Waals surface area contributed by atoms with Gasteiger partial charge in [-0.1, -0.05) is 36.4 Å². The van der Waals surface area contributed by atoms with E-state index >= 15 is 0 Å². The van der Waals surface area contributed by atoms with Crippen LogP contribution in [0.15, 0.2) is 79.0 Å². The van der Waals surface area contributed by atoms with Crippen molar-refractivity contribution in [3.8, 4) is 11.4 Å². The van der Waals surface area contributed by atoms with Crippen LogP contribution in [0.2, 0.25) is 0 Å². The highest BCUT2D eigenvalue weighted by molar-refractivity contribution is 5.86. The van der Waals surface area contributed by atoms with Gasteiger partial charge in [-0.2, -0.15) is 0 Å². The van der Waals surface area contributed by atoms with E-state index in [0.717, 1.165) is 61.2 Å². The number of carboxylic acid groups (broad SMARTS) is 1. The van der Waals surface area contributed by atoms with E-state index in [-0.39, 0.29) is 12.7 Å². The predicted octanol–water partition coefficient (Wildman–Crippen LogP) is 4.00. The lowest BCUT2D eigenvalue weighted by atomic mass is 10.0. The average Bonchev–Trinajstić information content (AvgIpc) is 3.42. The zero-order valence-corrected chi connectivity index (χ0v) is 24.4. The average molecular weight is 591 g/mol. The molecule has 9 heteroatoms. The topological polar surface area (TPSA) is 147 Å². The number of hydrogen-bond acceptors (Lipinski definition) is 7. The predicted molar refractivity (Wildman–Crippen MR) is 165 cm³/mol. The van der Waals surface area contributed by atoms with E-state index in [2.05, 4.69) is 59.3 Å². The van der Waals surface area contributed by atoms with E-state index in [1.807, 2.05) is 24.3 Å². The summed E-state index contributed by atoms with van der Waals surface area (Å²) >= 11 is 0. The fourth-order valence-corrected chi connectivity index (χ4v) is 4.88. The van der Waals surface area contributed by atoms with E-state index in [4.69, 9.17) is 35.6 Å². The third kappa shape index (κ3) is 9.13. The number of aliphatic carboxylic acids is 1. The van der Waals surface area contributed by atoms with Gasteiger partial charge in [0.1, 0.15) is 5.75 Å². The van der Waals surface area contributed by atoms with Crippen molar-refractivity contribution in [3.05, 3.63) is 95.7 Å². The molecule has 230 valence electrons. The van der Waals surface area contributed by atoms with Crippen LogP contribution in [-0.2, 0) is 28.8 Å². The molecule has 0 saturated carbocycles. The Hall–Kier alpha value is -3.73. The molecule has 0 aliphatic carbocycles. The van der Waals surface area contributed by atoms with Crippen molar-refractivity contribution in [2.45, 2.75) is 56.8 Å². The van der Waals surface area contributed by atoms with Gasteiger partial charge >= 0.3 is 5.97 Å². The number of rotatable bonds is 12. The quantitative estimate of drug-likeness (QED) is 0.166. The lowest BCUT2D eigenvalue weighted by molar-refractivity contribution is -0.136. The molecule has 1 aliphatic heterocycles. The summed E-state index contributed by atoms with van der Waals surface area (Å²) in [6.45, 7) is -0.446. The Morgan fingerprint density at radius 3 is 2.23 bits per heavy atom. The Morgan fingerprint density at radius 2 is 1.63 bits per heavy atom. The number of nitrogens with two attached hydrogens (primary N) is 1. The Bertz CT molecular complexity index is 1420. The first kappa shape index (κ1) is 32.2. The zero-order valence-electron chi connectivity index (χ0n) is 24.4. The van der Waals surface area contributed by atoms with Crippen molar-refractivity contribution in [1.82, 2.24) is 4.57 Å². The summed E-state index contributed by atoms with van der Waals surface area (Å²) in [5, 5.41) is 35.3. The number of fused-ring (bicyclic) bond motifs is 1. The molecule has 4 aromatic rings. The minimum Gasteiger partial charge on any atom is -0.481 e. The molecule has 5 rings (SSSR count). The van der Waals surface area contributed by atoms with Gasteiger partial charge < -0.3 is 40.2 Å². The monoisotopic (exact) mass is 590 g/mol. The molecule has 9 nitrogen and oxygen atoms in total. The molecule has 1 fully saturated rings. The summed E-state index contributed by atoms with van der Waals surface area (Å²) in [5.41, 5.74) is 9.74.